The average molecular weight is 190 g/mol. The summed E-state index contributed by atoms with van der Waals surface area (Å²) in [5, 5.41) is 3.28. The fourth-order valence-corrected chi connectivity index (χ4v) is 2.00. The summed E-state index contributed by atoms with van der Waals surface area (Å²) in [6, 6.07) is 7.61. The highest BCUT2D eigenvalue weighted by Crippen LogP contribution is 2.25. The van der Waals surface area contributed by atoms with Gasteiger partial charge in [-0.25, -0.2) is 0 Å². The number of benzene rings is 1. The molecule has 1 aromatic carbocycles. The normalized spacial score (nSPS) is 21.0. The molecule has 14 heavy (non-hydrogen) atoms. The van der Waals surface area contributed by atoms with E-state index in [0.29, 0.717) is 11.5 Å². The zero-order valence-corrected chi connectivity index (χ0v) is 7.99. The maximum atomic E-state index is 11.2. The first-order valence-electron chi connectivity index (χ1n) is 4.88. The van der Waals surface area contributed by atoms with E-state index in [4.69, 9.17) is 5.73 Å². The number of rotatable bonds is 2. The molecule has 1 fully saturated rings. The fourth-order valence-electron chi connectivity index (χ4n) is 2.00. The van der Waals surface area contributed by atoms with Gasteiger partial charge in [-0.15, -0.1) is 0 Å². The maximum Gasteiger partial charge on any atom is 0.248 e. The van der Waals surface area contributed by atoms with Crippen LogP contribution in [0.15, 0.2) is 24.3 Å². The van der Waals surface area contributed by atoms with Gasteiger partial charge in [0.2, 0.25) is 5.91 Å². The van der Waals surface area contributed by atoms with Crippen molar-refractivity contribution < 1.29 is 4.79 Å². The number of carbonyl (C=O) groups excluding carboxylic acids is 1. The van der Waals surface area contributed by atoms with E-state index in [0.717, 1.165) is 25.1 Å². The van der Waals surface area contributed by atoms with Crippen LogP contribution in [-0.2, 0) is 0 Å². The van der Waals surface area contributed by atoms with Crippen molar-refractivity contribution in [2.24, 2.45) is 5.73 Å². The van der Waals surface area contributed by atoms with Crippen LogP contribution in [0.5, 0.6) is 0 Å². The highest BCUT2D eigenvalue weighted by atomic mass is 16.1. The molecule has 0 radical (unpaired) electrons. The maximum absolute atomic E-state index is 11.2. The van der Waals surface area contributed by atoms with E-state index < -0.39 is 0 Å². The molecule has 1 aliphatic rings. The molecular weight excluding hydrogens is 176 g/mol. The topological polar surface area (TPSA) is 55.1 Å². The number of hydrogen-bond donors (Lipinski definition) is 2. The Kier molecular flexibility index (Phi) is 2.50. The Balaban J connectivity index is 2.35. The van der Waals surface area contributed by atoms with E-state index in [1.807, 2.05) is 18.2 Å². The first kappa shape index (κ1) is 9.21. The van der Waals surface area contributed by atoms with Gasteiger partial charge in [-0.05, 0) is 30.5 Å². The van der Waals surface area contributed by atoms with Gasteiger partial charge in [0.1, 0.15) is 0 Å². The molecule has 1 amide bonds. The van der Waals surface area contributed by atoms with E-state index in [1.165, 1.54) is 0 Å². The summed E-state index contributed by atoms with van der Waals surface area (Å²) in [4.78, 5) is 11.2. The third kappa shape index (κ3) is 1.63. The molecule has 74 valence electrons. The Morgan fingerprint density at radius 3 is 2.86 bits per heavy atom. The molecule has 3 heteroatoms. The molecule has 0 spiro atoms. The number of primary amides is 1. The van der Waals surface area contributed by atoms with E-state index in [-0.39, 0.29) is 5.91 Å². The standard InChI is InChI=1S/C11H14N2O/c12-11(14)10-4-2-1-3-9(10)8-5-6-13-7-8/h1-4,8,13H,5-7H2,(H2,12,14)/t8-/m0/s1. The number of nitrogens with one attached hydrogen (secondary N) is 1. The molecule has 3 N–H and O–H groups in total. The lowest BCUT2D eigenvalue weighted by molar-refractivity contribution is 0.0999. The molecule has 2 rings (SSSR count). The van der Waals surface area contributed by atoms with Gasteiger partial charge in [0.15, 0.2) is 0 Å². The summed E-state index contributed by atoms with van der Waals surface area (Å²) in [6.07, 6.45) is 1.09. The summed E-state index contributed by atoms with van der Waals surface area (Å²) < 4.78 is 0. The Labute approximate surface area is 83.3 Å². The van der Waals surface area contributed by atoms with Gasteiger partial charge in [0.05, 0.1) is 0 Å². The Morgan fingerprint density at radius 1 is 1.43 bits per heavy atom. The second kappa shape index (κ2) is 3.80. The van der Waals surface area contributed by atoms with Crippen LogP contribution in [0, 0.1) is 0 Å². The summed E-state index contributed by atoms with van der Waals surface area (Å²) in [7, 11) is 0. The monoisotopic (exact) mass is 190 g/mol. The number of nitrogens with two attached hydrogens (primary N) is 1. The predicted octanol–water partition coefficient (Wildman–Crippen LogP) is 0.862. The van der Waals surface area contributed by atoms with Gasteiger partial charge in [-0.3, -0.25) is 4.79 Å². The van der Waals surface area contributed by atoms with Crippen molar-refractivity contribution in [3.05, 3.63) is 35.4 Å². The predicted molar refractivity (Wildman–Crippen MR) is 55.2 cm³/mol. The van der Waals surface area contributed by atoms with Gasteiger partial charge in [0.25, 0.3) is 0 Å². The van der Waals surface area contributed by atoms with Crippen LogP contribution < -0.4 is 11.1 Å². The lowest BCUT2D eigenvalue weighted by Crippen LogP contribution is -2.16. The third-order valence-electron chi connectivity index (χ3n) is 2.73. The fraction of sp³-hybridized carbons (Fsp3) is 0.364. The average Bonchev–Trinajstić information content (AvgIpc) is 2.70. The minimum absolute atomic E-state index is 0.326. The van der Waals surface area contributed by atoms with Crippen LogP contribution in [0.3, 0.4) is 0 Å². The molecular formula is C11H14N2O. The van der Waals surface area contributed by atoms with Crippen LogP contribution in [-0.4, -0.2) is 19.0 Å². The minimum atomic E-state index is -0.326. The van der Waals surface area contributed by atoms with Crippen LogP contribution in [0.1, 0.15) is 28.3 Å². The molecule has 0 saturated carbocycles. The van der Waals surface area contributed by atoms with Crippen molar-refractivity contribution in [3.63, 3.8) is 0 Å². The summed E-state index contributed by atoms with van der Waals surface area (Å²) >= 11 is 0. The molecule has 1 heterocycles. The van der Waals surface area contributed by atoms with Crippen molar-refractivity contribution >= 4 is 5.91 Å². The number of amides is 1. The van der Waals surface area contributed by atoms with Crippen LogP contribution in [0.4, 0.5) is 0 Å². The number of carbonyl (C=O) groups is 1. The lowest BCUT2D eigenvalue weighted by atomic mass is 9.93. The zero-order chi connectivity index (χ0) is 9.97. The van der Waals surface area contributed by atoms with Gasteiger partial charge >= 0.3 is 0 Å². The molecule has 0 aromatic heterocycles. The first-order valence-corrected chi connectivity index (χ1v) is 4.88. The van der Waals surface area contributed by atoms with Crippen LogP contribution in [0.25, 0.3) is 0 Å². The van der Waals surface area contributed by atoms with Crippen LogP contribution >= 0.6 is 0 Å². The molecule has 1 atom stereocenters. The molecule has 0 bridgehead atoms. The summed E-state index contributed by atoms with van der Waals surface area (Å²) in [6.45, 7) is 1.97. The highest BCUT2D eigenvalue weighted by Gasteiger charge is 2.20. The third-order valence-corrected chi connectivity index (χ3v) is 2.73. The SMILES string of the molecule is NC(=O)c1ccccc1[C@H]1CCNC1. The van der Waals surface area contributed by atoms with Crippen LogP contribution in [0.2, 0.25) is 0 Å². The second-order valence-corrected chi connectivity index (χ2v) is 3.64. The molecule has 1 aliphatic heterocycles. The highest BCUT2D eigenvalue weighted by molar-refractivity contribution is 5.94. The van der Waals surface area contributed by atoms with Gasteiger partial charge in [-0.1, -0.05) is 18.2 Å². The summed E-state index contributed by atoms with van der Waals surface area (Å²) in [5.74, 6) is 0.117. The first-order chi connectivity index (χ1) is 6.79. The van der Waals surface area contributed by atoms with Crippen molar-refractivity contribution in [1.29, 1.82) is 0 Å². The van der Waals surface area contributed by atoms with Crippen molar-refractivity contribution in [3.8, 4) is 0 Å². The molecule has 3 nitrogen and oxygen atoms in total. The van der Waals surface area contributed by atoms with Crippen molar-refractivity contribution in [2.45, 2.75) is 12.3 Å². The quantitative estimate of drug-likeness (QED) is 0.726. The molecule has 1 aromatic rings. The van der Waals surface area contributed by atoms with Crippen molar-refractivity contribution in [1.82, 2.24) is 5.32 Å². The Hall–Kier alpha value is -1.35. The van der Waals surface area contributed by atoms with E-state index >= 15 is 0 Å². The van der Waals surface area contributed by atoms with E-state index in [2.05, 4.69) is 5.32 Å². The summed E-state index contributed by atoms with van der Waals surface area (Å²) in [5.41, 5.74) is 7.08. The Morgan fingerprint density at radius 2 is 2.21 bits per heavy atom. The number of hydrogen-bond acceptors (Lipinski definition) is 2. The Bertz CT molecular complexity index is 343. The molecule has 0 aliphatic carbocycles. The molecule has 1 saturated heterocycles. The van der Waals surface area contributed by atoms with Gasteiger partial charge < -0.3 is 11.1 Å². The second-order valence-electron chi connectivity index (χ2n) is 3.64. The lowest BCUT2D eigenvalue weighted by Gasteiger charge is -2.11. The van der Waals surface area contributed by atoms with E-state index in [9.17, 15) is 4.79 Å². The zero-order valence-electron chi connectivity index (χ0n) is 7.99. The molecule has 0 unspecified atom stereocenters. The van der Waals surface area contributed by atoms with Crippen molar-refractivity contribution in [2.75, 3.05) is 13.1 Å². The van der Waals surface area contributed by atoms with Gasteiger partial charge in [-0.2, -0.15) is 0 Å². The minimum Gasteiger partial charge on any atom is -0.366 e. The van der Waals surface area contributed by atoms with Gasteiger partial charge in [0, 0.05) is 12.1 Å². The van der Waals surface area contributed by atoms with E-state index in [1.54, 1.807) is 6.07 Å². The smallest absolute Gasteiger partial charge is 0.248 e. The largest absolute Gasteiger partial charge is 0.366 e.